The molecule has 0 fully saturated rings. The van der Waals surface area contributed by atoms with Crippen molar-refractivity contribution >= 4 is 5.91 Å². The smallest absolute Gasteiger partial charge is 0.383 e. The van der Waals surface area contributed by atoms with E-state index < -0.39 is 12.8 Å². The van der Waals surface area contributed by atoms with E-state index in [4.69, 9.17) is 10.5 Å². The van der Waals surface area contributed by atoms with E-state index in [2.05, 4.69) is 4.74 Å². The molecule has 0 aliphatic rings. The number of ether oxygens (including phenoxy) is 2. The zero-order chi connectivity index (χ0) is 14.0. The maximum Gasteiger partial charge on any atom is 0.411 e. The minimum absolute atomic E-state index is 0.0974. The zero-order valence-electron chi connectivity index (χ0n) is 10.3. The first kappa shape index (κ1) is 17.1. The molecule has 0 aliphatic carbocycles. The highest BCUT2D eigenvalue weighted by molar-refractivity contribution is 5.76. The fourth-order valence-electron chi connectivity index (χ4n) is 1.22. The van der Waals surface area contributed by atoms with Crippen LogP contribution in [0.5, 0.6) is 0 Å². The highest BCUT2D eigenvalue weighted by Gasteiger charge is 2.27. The van der Waals surface area contributed by atoms with Crippen LogP contribution in [0.3, 0.4) is 0 Å². The first-order valence-corrected chi connectivity index (χ1v) is 5.52. The third-order valence-electron chi connectivity index (χ3n) is 2.04. The summed E-state index contributed by atoms with van der Waals surface area (Å²) >= 11 is 0. The first-order chi connectivity index (χ1) is 8.40. The molecule has 0 aliphatic heterocycles. The molecule has 0 rings (SSSR count). The minimum atomic E-state index is -4.37. The molecule has 2 N–H and O–H groups in total. The van der Waals surface area contributed by atoms with E-state index in [0.29, 0.717) is 26.2 Å². The van der Waals surface area contributed by atoms with Crippen LogP contribution in [0.1, 0.15) is 6.42 Å². The number of hydrogen-bond donors (Lipinski definition) is 1. The Bertz CT molecular complexity index is 237. The molecule has 0 bridgehead atoms. The van der Waals surface area contributed by atoms with Gasteiger partial charge in [0.1, 0.15) is 6.61 Å². The van der Waals surface area contributed by atoms with Crippen LogP contribution < -0.4 is 5.73 Å². The number of nitrogens with zero attached hydrogens (tertiary/aromatic N) is 1. The van der Waals surface area contributed by atoms with Crippen LogP contribution >= 0.6 is 0 Å². The summed E-state index contributed by atoms with van der Waals surface area (Å²) in [6.45, 7) is -0.233. The fraction of sp³-hybridized carbons (Fsp3) is 0.900. The van der Waals surface area contributed by atoms with Crippen molar-refractivity contribution in [3.05, 3.63) is 0 Å². The molecule has 8 heteroatoms. The van der Waals surface area contributed by atoms with Crippen LogP contribution in [-0.4, -0.2) is 63.5 Å². The standard InChI is InChI=1S/C10H19F3N2O3/c1-17-7-5-15(4-3-14)9(16)2-6-18-8-10(11,12)13/h2-8,14H2,1H3. The summed E-state index contributed by atoms with van der Waals surface area (Å²) in [5.74, 6) is -0.292. The largest absolute Gasteiger partial charge is 0.411 e. The molecule has 0 aromatic rings. The van der Waals surface area contributed by atoms with E-state index in [-0.39, 0.29) is 18.9 Å². The molecule has 5 nitrogen and oxygen atoms in total. The second-order valence-corrected chi connectivity index (χ2v) is 3.58. The number of nitrogens with two attached hydrogens (primary N) is 1. The van der Waals surface area contributed by atoms with E-state index in [1.165, 1.54) is 12.0 Å². The van der Waals surface area contributed by atoms with Gasteiger partial charge in [-0.1, -0.05) is 0 Å². The van der Waals surface area contributed by atoms with Gasteiger partial charge in [-0.15, -0.1) is 0 Å². The minimum Gasteiger partial charge on any atom is -0.383 e. The van der Waals surface area contributed by atoms with Crippen molar-refractivity contribution in [3.8, 4) is 0 Å². The Balaban J connectivity index is 3.87. The molecule has 0 atom stereocenters. The van der Waals surface area contributed by atoms with Crippen molar-refractivity contribution in [1.29, 1.82) is 0 Å². The molecule has 108 valence electrons. The summed E-state index contributed by atoms with van der Waals surface area (Å²) in [7, 11) is 1.50. The van der Waals surface area contributed by atoms with Gasteiger partial charge in [-0.2, -0.15) is 13.2 Å². The van der Waals surface area contributed by atoms with E-state index >= 15 is 0 Å². The van der Waals surface area contributed by atoms with Crippen molar-refractivity contribution in [1.82, 2.24) is 4.90 Å². The van der Waals surface area contributed by atoms with Gasteiger partial charge in [0.05, 0.1) is 19.6 Å². The lowest BCUT2D eigenvalue weighted by molar-refractivity contribution is -0.175. The quantitative estimate of drug-likeness (QED) is 0.617. The second-order valence-electron chi connectivity index (χ2n) is 3.58. The Hall–Kier alpha value is -0.860. The van der Waals surface area contributed by atoms with Crippen molar-refractivity contribution in [2.45, 2.75) is 12.6 Å². The number of alkyl halides is 3. The number of methoxy groups -OCH3 is 1. The molecule has 0 aromatic heterocycles. The van der Waals surface area contributed by atoms with Gasteiger partial charge in [-0.3, -0.25) is 4.79 Å². The van der Waals surface area contributed by atoms with Gasteiger partial charge in [0.15, 0.2) is 0 Å². The summed E-state index contributed by atoms with van der Waals surface area (Å²) in [5.41, 5.74) is 5.34. The summed E-state index contributed by atoms with van der Waals surface area (Å²) in [5, 5.41) is 0. The third-order valence-corrected chi connectivity index (χ3v) is 2.04. The Morgan fingerprint density at radius 1 is 1.28 bits per heavy atom. The van der Waals surface area contributed by atoms with Gasteiger partial charge in [0.2, 0.25) is 5.91 Å². The maximum absolute atomic E-state index is 11.8. The normalized spacial score (nSPS) is 11.6. The molecule has 18 heavy (non-hydrogen) atoms. The van der Waals surface area contributed by atoms with Crippen molar-refractivity contribution < 1.29 is 27.4 Å². The van der Waals surface area contributed by atoms with Gasteiger partial charge in [-0.05, 0) is 0 Å². The fourth-order valence-corrected chi connectivity index (χ4v) is 1.22. The van der Waals surface area contributed by atoms with Crippen LogP contribution in [0, 0.1) is 0 Å². The lowest BCUT2D eigenvalue weighted by atomic mass is 10.3. The second kappa shape index (κ2) is 9.12. The average molecular weight is 272 g/mol. The molecule has 0 aromatic carbocycles. The number of carbonyl (C=O) groups is 1. The Kier molecular flexibility index (Phi) is 8.69. The number of hydrogen-bond acceptors (Lipinski definition) is 4. The van der Waals surface area contributed by atoms with Crippen LogP contribution in [0.15, 0.2) is 0 Å². The van der Waals surface area contributed by atoms with Gasteiger partial charge in [0, 0.05) is 26.7 Å². The molecule has 0 radical (unpaired) electrons. The first-order valence-electron chi connectivity index (χ1n) is 5.52. The maximum atomic E-state index is 11.8. The summed E-state index contributed by atoms with van der Waals surface area (Å²) in [4.78, 5) is 13.1. The van der Waals surface area contributed by atoms with Crippen molar-refractivity contribution in [2.24, 2.45) is 5.73 Å². The summed E-state index contributed by atoms with van der Waals surface area (Å²) < 4.78 is 44.5. The van der Waals surface area contributed by atoms with E-state index in [0.717, 1.165) is 0 Å². The zero-order valence-corrected chi connectivity index (χ0v) is 10.3. The molecule has 0 saturated carbocycles. The molecule has 0 spiro atoms. The molecule has 0 unspecified atom stereocenters. The number of amides is 1. The summed E-state index contributed by atoms with van der Waals surface area (Å²) in [6, 6.07) is 0. The van der Waals surface area contributed by atoms with Crippen LogP contribution in [0.4, 0.5) is 13.2 Å². The molecule has 1 amide bonds. The van der Waals surface area contributed by atoms with Gasteiger partial charge in [0.25, 0.3) is 0 Å². The predicted molar refractivity (Wildman–Crippen MR) is 59.0 cm³/mol. The predicted octanol–water partition coefficient (Wildman–Crippen LogP) is 0.389. The number of rotatable bonds is 9. The number of carbonyl (C=O) groups excluding carboxylic acids is 1. The average Bonchev–Trinajstić information content (AvgIpc) is 2.28. The van der Waals surface area contributed by atoms with Gasteiger partial charge >= 0.3 is 6.18 Å². The highest BCUT2D eigenvalue weighted by atomic mass is 19.4. The van der Waals surface area contributed by atoms with E-state index in [1.54, 1.807) is 0 Å². The lowest BCUT2D eigenvalue weighted by Gasteiger charge is -2.21. The summed E-state index contributed by atoms with van der Waals surface area (Å²) in [6.07, 6.45) is -4.46. The Morgan fingerprint density at radius 2 is 1.94 bits per heavy atom. The number of halogens is 3. The lowest BCUT2D eigenvalue weighted by Crippen LogP contribution is -2.38. The van der Waals surface area contributed by atoms with Gasteiger partial charge in [-0.25, -0.2) is 0 Å². The van der Waals surface area contributed by atoms with Crippen LogP contribution in [-0.2, 0) is 14.3 Å². The highest BCUT2D eigenvalue weighted by Crippen LogP contribution is 2.14. The molecular formula is C10H19F3N2O3. The third kappa shape index (κ3) is 9.20. The molecule has 0 saturated heterocycles. The van der Waals surface area contributed by atoms with Gasteiger partial charge < -0.3 is 20.1 Å². The topological polar surface area (TPSA) is 64.8 Å². The monoisotopic (exact) mass is 272 g/mol. The van der Waals surface area contributed by atoms with E-state index in [9.17, 15) is 18.0 Å². The Labute approximate surface area is 104 Å². The SMILES string of the molecule is COCCN(CCN)C(=O)CCOCC(F)(F)F. The van der Waals surface area contributed by atoms with E-state index in [1.807, 2.05) is 0 Å². The van der Waals surface area contributed by atoms with Crippen molar-refractivity contribution in [3.63, 3.8) is 0 Å². The molecule has 0 heterocycles. The molecular weight excluding hydrogens is 253 g/mol. The van der Waals surface area contributed by atoms with Crippen molar-refractivity contribution in [2.75, 3.05) is 46.6 Å². The van der Waals surface area contributed by atoms with Crippen LogP contribution in [0.2, 0.25) is 0 Å². The Morgan fingerprint density at radius 3 is 2.44 bits per heavy atom. The van der Waals surface area contributed by atoms with Crippen LogP contribution in [0.25, 0.3) is 0 Å².